The van der Waals surface area contributed by atoms with Gasteiger partial charge in [0.1, 0.15) is 11.5 Å². The van der Waals surface area contributed by atoms with Crippen LogP contribution in [0.3, 0.4) is 0 Å². The Morgan fingerprint density at radius 1 is 0.881 bits per heavy atom. The molecule has 0 fully saturated rings. The maximum absolute atomic E-state index is 9.15. The third-order valence-corrected chi connectivity index (χ3v) is 8.06. The number of benzene rings is 2. The van der Waals surface area contributed by atoms with Crippen LogP contribution in [0.15, 0.2) is 59.7 Å². The highest BCUT2D eigenvalue weighted by Gasteiger charge is 2.17. The van der Waals surface area contributed by atoms with E-state index in [0.717, 1.165) is 54.3 Å². The van der Waals surface area contributed by atoms with E-state index in [-0.39, 0.29) is 0 Å². The zero-order valence-electron chi connectivity index (χ0n) is 23.9. The van der Waals surface area contributed by atoms with Gasteiger partial charge < -0.3 is 9.47 Å². The highest BCUT2D eigenvalue weighted by Crippen LogP contribution is 2.40. The van der Waals surface area contributed by atoms with Crippen LogP contribution in [0.2, 0.25) is 5.02 Å². The minimum atomic E-state index is 0.424. The molecule has 0 radical (unpaired) electrons. The maximum Gasteiger partial charge on any atom is 0.140 e. The number of halogens is 2. The smallest absolute Gasteiger partial charge is 0.140 e. The van der Waals surface area contributed by atoms with E-state index in [4.69, 9.17) is 26.6 Å². The number of ether oxygens (including phenoxy) is 2. The summed E-state index contributed by atoms with van der Waals surface area (Å²) < 4.78 is 13.2. The van der Waals surface area contributed by atoms with Crippen LogP contribution in [-0.2, 0) is 0 Å². The van der Waals surface area contributed by atoms with E-state index in [1.165, 1.54) is 0 Å². The van der Waals surface area contributed by atoms with Crippen LogP contribution in [0.1, 0.15) is 51.5 Å². The Morgan fingerprint density at radius 3 is 2.36 bits per heavy atom. The zero-order chi connectivity index (χ0) is 30.1. The van der Waals surface area contributed by atoms with E-state index in [2.05, 4.69) is 42.6 Å². The van der Waals surface area contributed by atoms with E-state index in [1.54, 1.807) is 0 Å². The van der Waals surface area contributed by atoms with Crippen LogP contribution in [0.5, 0.6) is 11.5 Å². The van der Waals surface area contributed by atoms with Crippen LogP contribution in [0.4, 0.5) is 5.69 Å². The molecule has 0 aliphatic heterocycles. The summed E-state index contributed by atoms with van der Waals surface area (Å²) in [5, 5.41) is 4.65. The predicted molar refractivity (Wildman–Crippen MR) is 180 cm³/mol. The van der Waals surface area contributed by atoms with E-state index in [9.17, 15) is 0 Å². The van der Waals surface area contributed by atoms with Crippen molar-refractivity contribution in [2.45, 2.75) is 34.1 Å². The summed E-state index contributed by atoms with van der Waals surface area (Å²) in [5.41, 5.74) is 16.9. The van der Waals surface area contributed by atoms with Gasteiger partial charge in [0, 0.05) is 36.7 Å². The molecule has 0 bridgehead atoms. The number of rotatable bonds is 11. The number of azide groups is 1. The summed E-state index contributed by atoms with van der Waals surface area (Å²) in [6.45, 7) is 8.70. The van der Waals surface area contributed by atoms with Gasteiger partial charge in [-0.15, -0.1) is 0 Å². The average molecular weight is 692 g/mol. The molecule has 7 nitrogen and oxygen atoms in total. The maximum atomic E-state index is 9.15. The highest BCUT2D eigenvalue weighted by atomic mass is 127. The van der Waals surface area contributed by atoms with Crippen LogP contribution in [0.25, 0.3) is 34.7 Å². The first-order valence-electron chi connectivity index (χ1n) is 13.4. The summed E-state index contributed by atoms with van der Waals surface area (Å²) in [7, 11) is 0. The SMILES string of the molecule is Cc1cccc(C=Cc2c(C)c(I)c(N=[N+]=[N-])c(C)c2OCCCOc2ccc(C=Cc3cccc(Cl)c3)nc2C)n1. The average Bonchev–Trinajstić information content (AvgIpc) is 2.97. The monoisotopic (exact) mass is 691 g/mol. The van der Waals surface area contributed by atoms with E-state index >= 15 is 0 Å². The molecule has 2 heterocycles. The largest absolute Gasteiger partial charge is 0.493 e. The second-order valence-electron chi connectivity index (χ2n) is 9.64. The van der Waals surface area contributed by atoms with Gasteiger partial charge >= 0.3 is 0 Å². The minimum absolute atomic E-state index is 0.424. The van der Waals surface area contributed by atoms with E-state index < -0.39 is 0 Å². The molecule has 0 amide bonds. The molecule has 4 rings (SSSR count). The Labute approximate surface area is 265 Å². The summed E-state index contributed by atoms with van der Waals surface area (Å²) in [6, 6.07) is 17.4. The minimum Gasteiger partial charge on any atom is -0.493 e. The lowest BCUT2D eigenvalue weighted by atomic mass is 10.0. The van der Waals surface area contributed by atoms with Crippen molar-refractivity contribution in [3.05, 3.63) is 119 Å². The van der Waals surface area contributed by atoms with Gasteiger partial charge in [0.25, 0.3) is 0 Å². The second-order valence-corrected chi connectivity index (χ2v) is 11.2. The van der Waals surface area contributed by atoms with Gasteiger partial charge in [-0.2, -0.15) is 0 Å². The summed E-state index contributed by atoms with van der Waals surface area (Å²) in [5.74, 6) is 1.42. The number of aromatic nitrogens is 2. The number of nitrogens with zero attached hydrogens (tertiary/aromatic N) is 5. The summed E-state index contributed by atoms with van der Waals surface area (Å²) in [6.07, 6.45) is 8.56. The molecule has 0 saturated carbocycles. The fourth-order valence-electron chi connectivity index (χ4n) is 4.34. The molecule has 2 aromatic carbocycles. The Kier molecular flexibility index (Phi) is 11.0. The molecule has 4 aromatic rings. The molecule has 214 valence electrons. The van der Waals surface area contributed by atoms with Crippen molar-refractivity contribution >= 4 is 64.2 Å². The van der Waals surface area contributed by atoms with Gasteiger partial charge in [0.2, 0.25) is 0 Å². The third kappa shape index (κ3) is 8.12. The van der Waals surface area contributed by atoms with Crippen LogP contribution < -0.4 is 9.47 Å². The van der Waals surface area contributed by atoms with Gasteiger partial charge in [-0.05, 0) is 122 Å². The van der Waals surface area contributed by atoms with Crippen LogP contribution in [0, 0.1) is 31.3 Å². The first-order chi connectivity index (χ1) is 20.3. The Morgan fingerprint density at radius 2 is 1.62 bits per heavy atom. The van der Waals surface area contributed by atoms with Crippen molar-refractivity contribution in [2.24, 2.45) is 5.11 Å². The number of pyridine rings is 2. The first-order valence-corrected chi connectivity index (χ1v) is 14.9. The van der Waals surface area contributed by atoms with Crippen LogP contribution in [-0.4, -0.2) is 23.2 Å². The molecule has 0 saturated heterocycles. The third-order valence-electron chi connectivity index (χ3n) is 6.50. The van der Waals surface area contributed by atoms with Gasteiger partial charge in [-0.25, -0.2) is 4.98 Å². The van der Waals surface area contributed by atoms with Crippen molar-refractivity contribution in [3.8, 4) is 11.5 Å². The number of hydrogen-bond acceptors (Lipinski definition) is 5. The van der Waals surface area contributed by atoms with Gasteiger partial charge in [0.05, 0.1) is 36.0 Å². The van der Waals surface area contributed by atoms with Crippen molar-refractivity contribution in [3.63, 3.8) is 0 Å². The number of hydrogen-bond donors (Lipinski definition) is 0. The summed E-state index contributed by atoms with van der Waals surface area (Å²) >= 11 is 8.29. The Balaban J connectivity index is 1.42. The van der Waals surface area contributed by atoms with Gasteiger partial charge in [-0.3, -0.25) is 4.98 Å². The molecular weight excluding hydrogens is 661 g/mol. The normalized spacial score (nSPS) is 11.2. The van der Waals surface area contributed by atoms with Crippen molar-refractivity contribution in [2.75, 3.05) is 13.2 Å². The molecule has 0 aliphatic carbocycles. The molecule has 42 heavy (non-hydrogen) atoms. The molecule has 0 aliphatic rings. The van der Waals surface area contributed by atoms with Gasteiger partial charge in [-0.1, -0.05) is 41.0 Å². The lowest BCUT2D eigenvalue weighted by Gasteiger charge is -2.19. The fourth-order valence-corrected chi connectivity index (χ4v) is 5.34. The zero-order valence-corrected chi connectivity index (χ0v) is 26.8. The molecular formula is C33H31ClIN5O2. The van der Waals surface area contributed by atoms with E-state index in [0.29, 0.717) is 36.1 Å². The highest BCUT2D eigenvalue weighted by molar-refractivity contribution is 14.1. The van der Waals surface area contributed by atoms with Crippen LogP contribution >= 0.6 is 34.2 Å². The lowest BCUT2D eigenvalue weighted by molar-refractivity contribution is 0.245. The predicted octanol–water partition coefficient (Wildman–Crippen LogP) is 10.1. The molecule has 0 atom stereocenters. The lowest BCUT2D eigenvalue weighted by Crippen LogP contribution is -2.08. The van der Waals surface area contributed by atoms with Gasteiger partial charge in [0.15, 0.2) is 0 Å². The Hall–Kier alpha value is -3.85. The first kappa shape index (κ1) is 31.1. The molecule has 9 heteroatoms. The number of aryl methyl sites for hydroxylation is 2. The second kappa shape index (κ2) is 14.9. The van der Waals surface area contributed by atoms with E-state index in [1.807, 2.05) is 107 Å². The molecule has 0 unspecified atom stereocenters. The molecule has 0 spiro atoms. The summed E-state index contributed by atoms with van der Waals surface area (Å²) in [4.78, 5) is 12.2. The van der Waals surface area contributed by atoms with Crippen molar-refractivity contribution in [1.82, 2.24) is 9.97 Å². The molecule has 2 aromatic heterocycles. The Bertz CT molecular complexity index is 1700. The topological polar surface area (TPSA) is 93.0 Å². The van der Waals surface area contributed by atoms with Crippen molar-refractivity contribution in [1.29, 1.82) is 0 Å². The quantitative estimate of drug-likeness (QED) is 0.0514. The standard InChI is InChI=1S/C33H31ClIN5O2/c1-21-8-5-11-27(37-21)14-16-29-22(2)31(35)32(39-40-36)23(3)33(29)42-19-7-18-41-30-17-15-28(38-24(30)4)13-12-25-9-6-10-26(34)20-25/h5-6,8-17,20H,7,18-19H2,1-4H3. The molecule has 0 N–H and O–H groups in total. The fraction of sp³-hybridized carbons (Fsp3) is 0.212. The van der Waals surface area contributed by atoms with Crippen molar-refractivity contribution < 1.29 is 9.47 Å².